The zero-order chi connectivity index (χ0) is 6.85. The number of carbonyl (C=O) groups excluding carboxylic acids is 1. The average Bonchev–Trinajstić information content (AvgIpc) is 2.14. The predicted octanol–water partition coefficient (Wildman–Crippen LogP) is -0.170. The summed E-state index contributed by atoms with van der Waals surface area (Å²) in [6.45, 7) is 0. The molecule has 1 rings (SSSR count). The minimum Gasteiger partial charge on any atom is -0.288 e. The van der Waals surface area contributed by atoms with Gasteiger partial charge in [-0.3, -0.25) is 9.48 Å². The van der Waals surface area contributed by atoms with Crippen LogP contribution < -0.4 is 0 Å². The molecule has 0 aliphatic heterocycles. The number of hydrogen-bond acceptors (Lipinski definition) is 3. The maximum atomic E-state index is 10.5. The van der Waals surface area contributed by atoms with Crippen LogP contribution in [-0.4, -0.2) is 20.5 Å². The number of aryl methyl sites for hydroxylation is 1. The van der Waals surface area contributed by atoms with E-state index in [0.717, 1.165) is 0 Å². The third-order valence-electron chi connectivity index (χ3n) is 0.855. The second kappa shape index (κ2) is 2.23. The first-order valence-corrected chi connectivity index (χ1v) is 2.94. The third kappa shape index (κ3) is 1.33. The van der Waals surface area contributed by atoms with Crippen molar-refractivity contribution >= 4 is 14.8 Å². The Bertz CT molecular complexity index is 231. The zero-order valence-corrected chi connectivity index (χ0v) is 6.06. The molecule has 0 amide bonds. The Morgan fingerprint density at radius 2 is 2.56 bits per heavy atom. The molecule has 1 unspecified atom stereocenters. The first-order valence-electron chi connectivity index (χ1n) is 2.36. The lowest BCUT2D eigenvalue weighted by molar-refractivity contribution is 0.108. The van der Waals surface area contributed by atoms with Gasteiger partial charge >= 0.3 is 0 Å². The first kappa shape index (κ1) is 6.36. The number of hydrogen-bond donors (Lipinski definition) is 0. The zero-order valence-electron chi connectivity index (χ0n) is 4.90. The predicted molar refractivity (Wildman–Crippen MR) is 35.0 cm³/mol. The van der Waals surface area contributed by atoms with E-state index >= 15 is 0 Å². The van der Waals surface area contributed by atoms with Gasteiger partial charge in [0.15, 0.2) is 11.2 Å². The molecule has 0 saturated heterocycles. The highest BCUT2D eigenvalue weighted by Gasteiger charge is 2.01. The van der Waals surface area contributed by atoms with Crippen LogP contribution in [0.15, 0.2) is 6.20 Å². The molecule has 1 atom stereocenters. The molecule has 0 fully saturated rings. The maximum Gasteiger partial charge on any atom is 0.199 e. The van der Waals surface area contributed by atoms with Crippen molar-refractivity contribution in [1.29, 1.82) is 0 Å². The summed E-state index contributed by atoms with van der Waals surface area (Å²) in [6, 6.07) is 0. The molecular weight excluding hydrogens is 137 g/mol. The van der Waals surface area contributed by atoms with Gasteiger partial charge in [-0.2, -0.15) is 0 Å². The smallest absolute Gasteiger partial charge is 0.199 e. The largest absolute Gasteiger partial charge is 0.288 e. The molecule has 0 bridgehead atoms. The van der Waals surface area contributed by atoms with E-state index in [1.165, 1.54) is 4.68 Å². The van der Waals surface area contributed by atoms with Crippen LogP contribution in [0.1, 0.15) is 10.5 Å². The fourth-order valence-electron chi connectivity index (χ4n) is 0.460. The van der Waals surface area contributed by atoms with Gasteiger partial charge in [0, 0.05) is 7.05 Å². The van der Waals surface area contributed by atoms with Gasteiger partial charge in [-0.05, 0) is 0 Å². The minimum absolute atomic E-state index is 0.136. The Labute approximate surface area is 54.4 Å². The Kier molecular flexibility index (Phi) is 1.58. The number of nitrogens with zero attached hydrogens (tertiary/aromatic N) is 3. The number of carbonyl (C=O) groups is 1. The molecule has 0 radical (unpaired) electrons. The van der Waals surface area contributed by atoms with Crippen LogP contribution in [0.25, 0.3) is 0 Å². The molecule has 1 aromatic rings. The van der Waals surface area contributed by atoms with Crippen molar-refractivity contribution in [3.8, 4) is 0 Å². The number of rotatable bonds is 1. The van der Waals surface area contributed by atoms with E-state index in [9.17, 15) is 4.79 Å². The van der Waals surface area contributed by atoms with Crippen molar-refractivity contribution in [2.45, 2.75) is 0 Å². The fourth-order valence-corrected chi connectivity index (χ4v) is 0.593. The molecule has 0 aliphatic rings. The van der Waals surface area contributed by atoms with Gasteiger partial charge < -0.3 is 0 Å². The third-order valence-corrected chi connectivity index (χ3v) is 1.15. The fraction of sp³-hybridized carbons (Fsp3) is 0.250. The highest BCUT2D eigenvalue weighted by Crippen LogP contribution is 1.98. The van der Waals surface area contributed by atoms with Gasteiger partial charge in [0.05, 0.1) is 6.20 Å². The minimum atomic E-state index is -0.136. The standard InChI is InChI=1S/C4H6N3OP/c1-7-2-3(4(8)9)5-6-7/h2H,9H2,1H3. The summed E-state index contributed by atoms with van der Waals surface area (Å²) in [5.74, 6) is 0. The van der Waals surface area contributed by atoms with E-state index in [1.807, 2.05) is 9.24 Å². The molecule has 0 aromatic carbocycles. The highest BCUT2D eigenvalue weighted by atomic mass is 31.0. The summed E-state index contributed by atoms with van der Waals surface area (Å²) in [5, 5.41) is 7.13. The SMILES string of the molecule is Cn1cc(C(=O)P)nn1. The van der Waals surface area contributed by atoms with Crippen molar-refractivity contribution < 1.29 is 4.79 Å². The Morgan fingerprint density at radius 3 is 2.78 bits per heavy atom. The highest BCUT2D eigenvalue weighted by molar-refractivity contribution is 7.41. The van der Waals surface area contributed by atoms with Crippen LogP contribution in [0.5, 0.6) is 0 Å². The molecule has 0 saturated carbocycles. The van der Waals surface area contributed by atoms with E-state index in [-0.39, 0.29) is 5.52 Å². The van der Waals surface area contributed by atoms with Gasteiger partial charge in [-0.15, -0.1) is 5.10 Å². The lowest BCUT2D eigenvalue weighted by Gasteiger charge is -1.78. The summed E-state index contributed by atoms with van der Waals surface area (Å²) >= 11 is 0. The summed E-state index contributed by atoms with van der Waals surface area (Å²) in [5.41, 5.74) is 0.241. The number of aromatic nitrogens is 3. The summed E-state index contributed by atoms with van der Waals surface area (Å²) in [7, 11) is 3.74. The second-order valence-corrected chi connectivity index (χ2v) is 2.17. The molecule has 48 valence electrons. The van der Waals surface area contributed by atoms with Crippen LogP contribution in [0.4, 0.5) is 0 Å². The van der Waals surface area contributed by atoms with Gasteiger partial charge in [0.2, 0.25) is 0 Å². The normalized spacial score (nSPS) is 9.56. The molecule has 4 nitrogen and oxygen atoms in total. The molecular formula is C4H6N3OP. The Balaban J connectivity index is 2.98. The summed E-state index contributed by atoms with van der Waals surface area (Å²) in [4.78, 5) is 10.5. The molecule has 9 heavy (non-hydrogen) atoms. The lowest BCUT2D eigenvalue weighted by Crippen LogP contribution is -1.85. The van der Waals surface area contributed by atoms with Crippen molar-refractivity contribution in [1.82, 2.24) is 15.0 Å². The van der Waals surface area contributed by atoms with Crippen LogP contribution in [0, 0.1) is 0 Å². The van der Waals surface area contributed by atoms with E-state index in [0.29, 0.717) is 5.69 Å². The monoisotopic (exact) mass is 143 g/mol. The van der Waals surface area contributed by atoms with E-state index in [1.54, 1.807) is 13.2 Å². The van der Waals surface area contributed by atoms with Crippen molar-refractivity contribution in [2.24, 2.45) is 7.05 Å². The topological polar surface area (TPSA) is 47.8 Å². The van der Waals surface area contributed by atoms with Crippen molar-refractivity contribution in [3.63, 3.8) is 0 Å². The first-order chi connectivity index (χ1) is 4.20. The Morgan fingerprint density at radius 1 is 1.89 bits per heavy atom. The van der Waals surface area contributed by atoms with Crippen LogP contribution >= 0.6 is 9.24 Å². The maximum absolute atomic E-state index is 10.5. The molecule has 0 N–H and O–H groups in total. The Hall–Kier alpha value is -0.760. The van der Waals surface area contributed by atoms with Gasteiger partial charge in [-0.1, -0.05) is 14.5 Å². The van der Waals surface area contributed by atoms with Gasteiger partial charge in [0.1, 0.15) is 0 Å². The molecule has 0 spiro atoms. The molecule has 1 aromatic heterocycles. The molecule has 1 heterocycles. The average molecular weight is 143 g/mol. The molecule has 0 aliphatic carbocycles. The van der Waals surface area contributed by atoms with E-state index in [2.05, 4.69) is 10.3 Å². The van der Waals surface area contributed by atoms with Crippen LogP contribution in [-0.2, 0) is 7.05 Å². The van der Waals surface area contributed by atoms with Crippen LogP contribution in [0.2, 0.25) is 0 Å². The van der Waals surface area contributed by atoms with Crippen molar-refractivity contribution in [2.75, 3.05) is 0 Å². The lowest BCUT2D eigenvalue weighted by atomic mass is 10.5. The van der Waals surface area contributed by atoms with Gasteiger partial charge in [-0.25, -0.2) is 0 Å². The van der Waals surface area contributed by atoms with Gasteiger partial charge in [0.25, 0.3) is 0 Å². The quantitative estimate of drug-likeness (QED) is 0.513. The van der Waals surface area contributed by atoms with E-state index in [4.69, 9.17) is 0 Å². The summed E-state index contributed by atoms with van der Waals surface area (Å²) < 4.78 is 1.48. The second-order valence-electron chi connectivity index (χ2n) is 1.64. The molecule has 5 heteroatoms. The van der Waals surface area contributed by atoms with Crippen LogP contribution in [0.3, 0.4) is 0 Å². The van der Waals surface area contributed by atoms with E-state index < -0.39 is 0 Å². The van der Waals surface area contributed by atoms with Crippen molar-refractivity contribution in [3.05, 3.63) is 11.9 Å². The summed E-state index contributed by atoms with van der Waals surface area (Å²) in [6.07, 6.45) is 1.56.